The summed E-state index contributed by atoms with van der Waals surface area (Å²) in [4.78, 5) is 7.19. The van der Waals surface area contributed by atoms with Crippen molar-refractivity contribution in [2.75, 3.05) is 13.2 Å². The molecule has 3 heterocycles. The number of terminal acetylenes is 1. The van der Waals surface area contributed by atoms with Gasteiger partial charge >= 0.3 is 0 Å². The van der Waals surface area contributed by atoms with Gasteiger partial charge in [0.15, 0.2) is 0 Å². The number of ether oxygens (including phenoxy) is 1. The Balaban J connectivity index is 1.59. The topological polar surface area (TPSA) is 25.1 Å². The molecule has 0 radical (unpaired) electrons. The maximum Gasteiger partial charge on any atom is 0.108 e. The zero-order valence-electron chi connectivity index (χ0n) is 14.2. The third-order valence-electron chi connectivity index (χ3n) is 6.61. The predicted octanol–water partition coefficient (Wildman–Crippen LogP) is 3.33. The Morgan fingerprint density at radius 3 is 3.08 bits per heavy atom. The first-order valence-corrected chi connectivity index (χ1v) is 8.86. The Morgan fingerprint density at radius 1 is 1.46 bits per heavy atom. The summed E-state index contributed by atoms with van der Waals surface area (Å²) in [6, 6.07) is 9.04. The maximum absolute atomic E-state index is 6.22. The fourth-order valence-corrected chi connectivity index (χ4v) is 5.54. The Bertz CT molecular complexity index is 870. The molecule has 1 aliphatic carbocycles. The molecular weight excluding hydrogens is 296 g/mol. The second kappa shape index (κ2) is 4.81. The van der Waals surface area contributed by atoms with Gasteiger partial charge in [0.05, 0.1) is 11.6 Å². The van der Waals surface area contributed by atoms with Crippen LogP contribution in [-0.2, 0) is 4.74 Å². The molecule has 1 spiro atoms. The number of benzene rings is 1. The molecule has 3 heteroatoms. The zero-order chi connectivity index (χ0) is 16.5. The lowest BCUT2D eigenvalue weighted by Gasteiger charge is -2.20. The van der Waals surface area contributed by atoms with Crippen molar-refractivity contribution in [2.24, 2.45) is 11.8 Å². The number of aromatic nitrogens is 1. The molecule has 5 rings (SSSR count). The van der Waals surface area contributed by atoms with E-state index in [0.29, 0.717) is 18.2 Å². The predicted molar refractivity (Wildman–Crippen MR) is 94.5 cm³/mol. The van der Waals surface area contributed by atoms with Crippen molar-refractivity contribution in [3.63, 3.8) is 0 Å². The average molecular weight is 318 g/mol. The smallest absolute Gasteiger partial charge is 0.108 e. The van der Waals surface area contributed by atoms with E-state index in [0.717, 1.165) is 17.4 Å². The molecule has 2 aliphatic heterocycles. The quantitative estimate of drug-likeness (QED) is 0.639. The number of fused-ring (bicyclic) bond motifs is 1. The summed E-state index contributed by atoms with van der Waals surface area (Å²) in [5.74, 6) is 4.31. The van der Waals surface area contributed by atoms with E-state index in [2.05, 4.69) is 53.9 Å². The summed E-state index contributed by atoms with van der Waals surface area (Å²) in [5.41, 5.74) is 3.93. The number of aryl methyl sites for hydroxylation is 1. The molecule has 3 fully saturated rings. The number of pyridine rings is 1. The SMILES string of the molecule is C#CCOC(c1ccnc2ccc(C)cc12)C1N2CCC3C(C)C312. The van der Waals surface area contributed by atoms with E-state index in [1.807, 2.05) is 6.20 Å². The number of hydrogen-bond donors (Lipinski definition) is 0. The summed E-state index contributed by atoms with van der Waals surface area (Å²) in [6.45, 7) is 6.09. The lowest BCUT2D eigenvalue weighted by atomic mass is 9.97. The molecule has 0 N–H and O–H groups in total. The van der Waals surface area contributed by atoms with E-state index in [1.54, 1.807) is 0 Å². The van der Waals surface area contributed by atoms with Crippen LogP contribution in [0.4, 0.5) is 0 Å². The summed E-state index contributed by atoms with van der Waals surface area (Å²) < 4.78 is 6.22. The Morgan fingerprint density at radius 2 is 2.33 bits per heavy atom. The third kappa shape index (κ3) is 1.68. The van der Waals surface area contributed by atoms with Gasteiger partial charge in [-0.3, -0.25) is 9.88 Å². The maximum atomic E-state index is 6.22. The van der Waals surface area contributed by atoms with Crippen LogP contribution in [-0.4, -0.2) is 34.6 Å². The lowest BCUT2D eigenvalue weighted by Crippen LogP contribution is -2.19. The molecule has 122 valence electrons. The molecule has 3 aliphatic rings. The molecule has 0 bridgehead atoms. The van der Waals surface area contributed by atoms with Gasteiger partial charge in [-0.15, -0.1) is 6.42 Å². The van der Waals surface area contributed by atoms with Crippen LogP contribution < -0.4 is 0 Å². The molecule has 1 aromatic heterocycles. The molecule has 3 nitrogen and oxygen atoms in total. The van der Waals surface area contributed by atoms with Crippen LogP contribution >= 0.6 is 0 Å². The number of nitrogens with zero attached hydrogens (tertiary/aromatic N) is 2. The van der Waals surface area contributed by atoms with E-state index in [4.69, 9.17) is 11.2 Å². The highest BCUT2D eigenvalue weighted by molar-refractivity contribution is 5.83. The van der Waals surface area contributed by atoms with Gasteiger partial charge in [-0.05, 0) is 55.5 Å². The van der Waals surface area contributed by atoms with Crippen molar-refractivity contribution in [1.29, 1.82) is 0 Å². The van der Waals surface area contributed by atoms with Crippen molar-refractivity contribution < 1.29 is 4.74 Å². The number of rotatable bonds is 4. The molecule has 6 unspecified atom stereocenters. The van der Waals surface area contributed by atoms with Gasteiger partial charge in [-0.1, -0.05) is 24.5 Å². The molecule has 0 amide bonds. The lowest BCUT2D eigenvalue weighted by molar-refractivity contribution is 0.0654. The van der Waals surface area contributed by atoms with Crippen LogP contribution in [0.15, 0.2) is 30.5 Å². The van der Waals surface area contributed by atoms with Gasteiger partial charge < -0.3 is 4.74 Å². The minimum atomic E-state index is 0.0427. The van der Waals surface area contributed by atoms with Crippen molar-refractivity contribution in [1.82, 2.24) is 9.88 Å². The van der Waals surface area contributed by atoms with Gasteiger partial charge in [0, 0.05) is 17.1 Å². The Hall–Kier alpha value is -1.89. The van der Waals surface area contributed by atoms with E-state index in [9.17, 15) is 0 Å². The highest BCUT2D eigenvalue weighted by Gasteiger charge is 2.85. The van der Waals surface area contributed by atoms with Crippen LogP contribution in [0, 0.1) is 31.1 Å². The minimum Gasteiger partial charge on any atom is -0.359 e. The fraction of sp³-hybridized carbons (Fsp3) is 0.476. The summed E-state index contributed by atoms with van der Waals surface area (Å²) >= 11 is 0. The van der Waals surface area contributed by atoms with Gasteiger partial charge in [-0.25, -0.2) is 0 Å². The summed E-state index contributed by atoms with van der Waals surface area (Å²) in [5, 5.41) is 1.20. The van der Waals surface area contributed by atoms with Gasteiger partial charge in [0.1, 0.15) is 12.7 Å². The molecular formula is C21H22N2O. The monoisotopic (exact) mass is 318 g/mol. The summed E-state index contributed by atoms with van der Waals surface area (Å²) in [6.07, 6.45) is 8.78. The molecule has 24 heavy (non-hydrogen) atoms. The Kier molecular flexibility index (Phi) is 2.90. The molecule has 2 aromatic rings. The fourth-order valence-electron chi connectivity index (χ4n) is 5.54. The first-order chi connectivity index (χ1) is 11.7. The molecule has 6 atom stereocenters. The second-order valence-corrected chi connectivity index (χ2v) is 7.57. The van der Waals surface area contributed by atoms with Crippen molar-refractivity contribution in [3.8, 4) is 12.3 Å². The minimum absolute atomic E-state index is 0.0427. The Labute approximate surface area is 143 Å². The first-order valence-electron chi connectivity index (χ1n) is 8.86. The van der Waals surface area contributed by atoms with Crippen LogP contribution in [0.1, 0.15) is 30.6 Å². The van der Waals surface area contributed by atoms with Crippen molar-refractivity contribution in [3.05, 3.63) is 41.6 Å². The average Bonchev–Trinajstić information content (AvgIpc) is 3.35. The van der Waals surface area contributed by atoms with E-state index < -0.39 is 0 Å². The molecule has 1 saturated carbocycles. The van der Waals surface area contributed by atoms with Gasteiger partial charge in [0.25, 0.3) is 0 Å². The number of hydrogen-bond acceptors (Lipinski definition) is 3. The third-order valence-corrected chi connectivity index (χ3v) is 6.61. The van der Waals surface area contributed by atoms with E-state index in [1.165, 1.54) is 29.5 Å². The van der Waals surface area contributed by atoms with Crippen LogP contribution in [0.3, 0.4) is 0 Å². The van der Waals surface area contributed by atoms with E-state index >= 15 is 0 Å². The van der Waals surface area contributed by atoms with Crippen LogP contribution in [0.5, 0.6) is 0 Å². The van der Waals surface area contributed by atoms with Crippen LogP contribution in [0.2, 0.25) is 0 Å². The van der Waals surface area contributed by atoms with E-state index in [-0.39, 0.29) is 6.10 Å². The zero-order valence-corrected chi connectivity index (χ0v) is 14.2. The van der Waals surface area contributed by atoms with Crippen molar-refractivity contribution >= 4 is 10.9 Å². The normalized spacial score (nSPS) is 36.7. The molecule has 1 aromatic carbocycles. The van der Waals surface area contributed by atoms with Crippen molar-refractivity contribution in [2.45, 2.75) is 38.0 Å². The van der Waals surface area contributed by atoms with Crippen LogP contribution in [0.25, 0.3) is 10.9 Å². The first kappa shape index (κ1) is 14.5. The molecule has 2 saturated heterocycles. The van der Waals surface area contributed by atoms with Gasteiger partial charge in [0.2, 0.25) is 0 Å². The highest BCUT2D eigenvalue weighted by Crippen LogP contribution is 2.76. The highest BCUT2D eigenvalue weighted by atomic mass is 16.5. The number of piperidine rings is 2. The summed E-state index contributed by atoms with van der Waals surface area (Å²) in [7, 11) is 0. The van der Waals surface area contributed by atoms with Gasteiger partial charge in [-0.2, -0.15) is 0 Å². The largest absolute Gasteiger partial charge is 0.359 e. The standard InChI is InChI=1S/C21H22N2O/c1-4-11-24-19(20-21-14(3)17(21)8-10-23(20)21)15-7-9-22-18-6-5-13(2)12-16(15)18/h1,5-7,9,12,14,17,19-20H,8,10-11H2,2-3H3. The second-order valence-electron chi connectivity index (χ2n) is 7.57.